The molecule has 0 fully saturated rings. The molecule has 0 saturated carbocycles. The van der Waals surface area contributed by atoms with Crippen LogP contribution in [-0.2, 0) is 14.3 Å². The molecule has 1 atom stereocenters. The summed E-state index contributed by atoms with van der Waals surface area (Å²) in [5, 5.41) is 0. The van der Waals surface area contributed by atoms with Gasteiger partial charge < -0.3 is 4.74 Å². The van der Waals surface area contributed by atoms with E-state index in [1.165, 1.54) is 0 Å². The predicted octanol–water partition coefficient (Wildman–Crippen LogP) is 2.61. The monoisotopic (exact) mass is 248 g/mol. The Bertz CT molecular complexity index is 429. The van der Waals surface area contributed by atoms with Gasteiger partial charge >= 0.3 is 0 Å². The average molecular weight is 248 g/mol. The van der Waals surface area contributed by atoms with Crippen molar-refractivity contribution in [3.63, 3.8) is 0 Å². The van der Waals surface area contributed by atoms with E-state index in [9.17, 15) is 9.59 Å². The fraction of sp³-hybridized carbons (Fsp3) is 0.600. The van der Waals surface area contributed by atoms with E-state index in [0.29, 0.717) is 25.2 Å². The molecule has 2 rings (SSSR count). The minimum atomic E-state index is 0.147. The summed E-state index contributed by atoms with van der Waals surface area (Å²) in [6, 6.07) is 0. The van der Waals surface area contributed by atoms with Gasteiger partial charge in [-0.3, -0.25) is 9.59 Å². The Morgan fingerprint density at radius 1 is 1.39 bits per heavy atom. The van der Waals surface area contributed by atoms with E-state index < -0.39 is 0 Å². The van der Waals surface area contributed by atoms with Crippen LogP contribution < -0.4 is 0 Å². The van der Waals surface area contributed by atoms with Crippen molar-refractivity contribution in [1.29, 1.82) is 0 Å². The van der Waals surface area contributed by atoms with Gasteiger partial charge in [-0.1, -0.05) is 6.08 Å². The second-order valence-electron chi connectivity index (χ2n) is 5.20. The molecule has 0 aromatic rings. The smallest absolute Gasteiger partial charge is 0.156 e. The van der Waals surface area contributed by atoms with Gasteiger partial charge in [-0.15, -0.1) is 0 Å². The minimum Gasteiger partial charge on any atom is -0.380 e. The maximum Gasteiger partial charge on any atom is 0.156 e. The Hall–Kier alpha value is -1.22. The molecule has 0 aromatic carbocycles. The minimum absolute atomic E-state index is 0.147. The summed E-state index contributed by atoms with van der Waals surface area (Å²) in [6.45, 7) is 2.17. The van der Waals surface area contributed by atoms with E-state index in [1.54, 1.807) is 14.0 Å². The Kier molecular flexibility index (Phi) is 4.12. The first-order chi connectivity index (χ1) is 8.61. The highest BCUT2D eigenvalue weighted by Crippen LogP contribution is 2.38. The molecule has 0 aliphatic heterocycles. The molecule has 2 aliphatic carbocycles. The normalized spacial score (nSPS) is 27.3. The second kappa shape index (κ2) is 5.61. The van der Waals surface area contributed by atoms with Crippen LogP contribution in [0.1, 0.15) is 39.0 Å². The lowest BCUT2D eigenvalue weighted by molar-refractivity contribution is -0.119. The van der Waals surface area contributed by atoms with Crippen LogP contribution in [-0.4, -0.2) is 25.3 Å². The van der Waals surface area contributed by atoms with Crippen LogP contribution in [0, 0.1) is 5.92 Å². The molecule has 0 radical (unpaired) electrons. The molecule has 0 spiro atoms. The van der Waals surface area contributed by atoms with Gasteiger partial charge in [0.25, 0.3) is 0 Å². The van der Waals surface area contributed by atoms with Crippen LogP contribution in [0.5, 0.6) is 0 Å². The number of fused-ring (bicyclic) bond motifs is 1. The number of carbonyl (C=O) groups excluding carboxylic acids is 2. The van der Waals surface area contributed by atoms with Crippen molar-refractivity contribution in [1.82, 2.24) is 0 Å². The van der Waals surface area contributed by atoms with Gasteiger partial charge in [0.1, 0.15) is 5.78 Å². The number of ketones is 2. The lowest BCUT2D eigenvalue weighted by atomic mass is 9.88. The molecule has 0 bridgehead atoms. The Morgan fingerprint density at radius 3 is 2.83 bits per heavy atom. The van der Waals surface area contributed by atoms with Gasteiger partial charge in [0.2, 0.25) is 0 Å². The van der Waals surface area contributed by atoms with E-state index in [1.807, 2.05) is 0 Å². The largest absolute Gasteiger partial charge is 0.380 e. The van der Waals surface area contributed by atoms with Gasteiger partial charge in [-0.25, -0.2) is 0 Å². The number of methoxy groups -OCH3 is 1. The Balaban J connectivity index is 2.37. The van der Waals surface area contributed by atoms with Crippen molar-refractivity contribution in [2.45, 2.75) is 39.0 Å². The fourth-order valence-corrected chi connectivity index (χ4v) is 2.93. The quantitative estimate of drug-likeness (QED) is 0.771. The van der Waals surface area contributed by atoms with Crippen molar-refractivity contribution < 1.29 is 14.3 Å². The fourth-order valence-electron chi connectivity index (χ4n) is 2.93. The van der Waals surface area contributed by atoms with Crippen LogP contribution in [0.4, 0.5) is 0 Å². The van der Waals surface area contributed by atoms with Gasteiger partial charge in [0, 0.05) is 20.0 Å². The summed E-state index contributed by atoms with van der Waals surface area (Å²) in [5.41, 5.74) is 3.15. The van der Waals surface area contributed by atoms with Crippen LogP contribution >= 0.6 is 0 Å². The summed E-state index contributed by atoms with van der Waals surface area (Å²) in [5.74, 6) is 0.709. The van der Waals surface area contributed by atoms with Crippen LogP contribution in [0.2, 0.25) is 0 Å². The number of ether oxygens (including phenoxy) is 1. The first-order valence-electron chi connectivity index (χ1n) is 6.56. The first-order valence-corrected chi connectivity index (χ1v) is 6.56. The lowest BCUT2D eigenvalue weighted by Gasteiger charge is -2.17. The standard InChI is InChI=1S/C15H20O3/c1-10(16)14-6-4-12-8-13(17)5-3-11(9-18-2)7-15(12)14/h7,12H,3-6,8-9H2,1-2H3/b11-7+. The van der Waals surface area contributed by atoms with Gasteiger partial charge in [-0.2, -0.15) is 0 Å². The molecule has 0 N–H and O–H groups in total. The van der Waals surface area contributed by atoms with E-state index in [0.717, 1.165) is 36.0 Å². The third-order valence-corrected chi connectivity index (χ3v) is 3.84. The highest BCUT2D eigenvalue weighted by molar-refractivity contribution is 5.95. The summed E-state index contributed by atoms with van der Waals surface area (Å²) >= 11 is 0. The van der Waals surface area contributed by atoms with Crippen molar-refractivity contribution >= 4 is 11.6 Å². The number of hydrogen-bond acceptors (Lipinski definition) is 3. The molecule has 18 heavy (non-hydrogen) atoms. The highest BCUT2D eigenvalue weighted by atomic mass is 16.5. The Labute approximate surface area is 108 Å². The number of carbonyl (C=O) groups is 2. The van der Waals surface area contributed by atoms with Crippen LogP contribution in [0.25, 0.3) is 0 Å². The highest BCUT2D eigenvalue weighted by Gasteiger charge is 2.29. The third-order valence-electron chi connectivity index (χ3n) is 3.84. The van der Waals surface area contributed by atoms with Gasteiger partial charge in [0.15, 0.2) is 5.78 Å². The van der Waals surface area contributed by atoms with Crippen LogP contribution in [0.15, 0.2) is 22.8 Å². The molecule has 1 unspecified atom stereocenters. The van der Waals surface area contributed by atoms with Crippen molar-refractivity contribution in [3.05, 3.63) is 22.8 Å². The van der Waals surface area contributed by atoms with Gasteiger partial charge in [-0.05, 0) is 48.8 Å². The van der Waals surface area contributed by atoms with Crippen molar-refractivity contribution in [2.24, 2.45) is 5.92 Å². The SMILES string of the molecule is COC/C1=C/C2=C(C(C)=O)CCC2CC(=O)CC1. The Morgan fingerprint density at radius 2 is 2.17 bits per heavy atom. The first kappa shape index (κ1) is 13.2. The summed E-state index contributed by atoms with van der Waals surface area (Å²) in [7, 11) is 1.66. The maximum atomic E-state index is 11.8. The lowest BCUT2D eigenvalue weighted by Crippen LogP contribution is -2.13. The molecule has 3 heteroatoms. The van der Waals surface area contributed by atoms with Gasteiger partial charge in [0.05, 0.1) is 6.61 Å². The molecule has 3 nitrogen and oxygen atoms in total. The zero-order valence-corrected chi connectivity index (χ0v) is 11.1. The molecular weight excluding hydrogens is 228 g/mol. The second-order valence-corrected chi connectivity index (χ2v) is 5.20. The molecule has 98 valence electrons. The number of Topliss-reactive ketones (excluding diaryl/α,β-unsaturated/α-hetero) is 2. The number of rotatable bonds is 3. The molecular formula is C15H20O3. The predicted molar refractivity (Wildman–Crippen MR) is 69.2 cm³/mol. The third kappa shape index (κ3) is 2.78. The zero-order valence-electron chi connectivity index (χ0n) is 11.1. The van der Waals surface area contributed by atoms with E-state index in [4.69, 9.17) is 4.74 Å². The number of allylic oxidation sites excluding steroid dienone is 3. The maximum absolute atomic E-state index is 11.8. The number of hydrogen-bond donors (Lipinski definition) is 0. The molecule has 0 saturated heterocycles. The molecule has 2 aliphatic rings. The summed E-state index contributed by atoms with van der Waals surface area (Å²) in [6.07, 6.45) is 5.84. The van der Waals surface area contributed by atoms with E-state index in [2.05, 4.69) is 6.08 Å². The van der Waals surface area contributed by atoms with E-state index in [-0.39, 0.29) is 11.7 Å². The van der Waals surface area contributed by atoms with Crippen molar-refractivity contribution in [2.75, 3.05) is 13.7 Å². The van der Waals surface area contributed by atoms with Crippen LogP contribution in [0.3, 0.4) is 0 Å². The molecule has 0 aromatic heterocycles. The topological polar surface area (TPSA) is 43.4 Å². The average Bonchev–Trinajstić information content (AvgIpc) is 2.67. The summed E-state index contributed by atoms with van der Waals surface area (Å²) < 4.78 is 5.17. The molecule has 0 heterocycles. The zero-order chi connectivity index (χ0) is 13.1. The molecule has 0 amide bonds. The van der Waals surface area contributed by atoms with E-state index >= 15 is 0 Å². The van der Waals surface area contributed by atoms with Crippen molar-refractivity contribution in [3.8, 4) is 0 Å². The summed E-state index contributed by atoms with van der Waals surface area (Å²) in [4.78, 5) is 23.5.